The van der Waals surface area contributed by atoms with Crippen molar-refractivity contribution in [3.05, 3.63) is 0 Å². The van der Waals surface area contributed by atoms with Gasteiger partial charge in [0.1, 0.15) is 0 Å². The van der Waals surface area contributed by atoms with E-state index in [-0.39, 0.29) is 11.9 Å². The van der Waals surface area contributed by atoms with Crippen LogP contribution < -0.4 is 0 Å². The molecule has 1 saturated heterocycles. The highest BCUT2D eigenvalue weighted by Crippen LogP contribution is 2.72. The molecular formula is C14H18O3. The summed E-state index contributed by atoms with van der Waals surface area (Å²) in [7, 11) is 1.53. The second-order valence-corrected chi connectivity index (χ2v) is 6.81. The summed E-state index contributed by atoms with van der Waals surface area (Å²) in [5.74, 6) is 5.02. The number of methoxy groups -OCH3 is 1. The molecule has 17 heavy (non-hydrogen) atoms. The Morgan fingerprint density at radius 3 is 2.59 bits per heavy atom. The fraction of sp³-hybridized carbons (Fsp3) is 0.929. The molecule has 0 amide bonds. The number of esters is 1. The van der Waals surface area contributed by atoms with Crippen molar-refractivity contribution in [3.63, 3.8) is 0 Å². The van der Waals surface area contributed by atoms with Gasteiger partial charge in [0, 0.05) is 0 Å². The van der Waals surface area contributed by atoms with E-state index in [1.165, 1.54) is 20.0 Å². The quantitative estimate of drug-likeness (QED) is 0.392. The summed E-state index contributed by atoms with van der Waals surface area (Å²) < 4.78 is 10.8. The first-order valence-electron chi connectivity index (χ1n) is 7.03. The molecule has 0 spiro atoms. The summed E-state index contributed by atoms with van der Waals surface area (Å²) in [6, 6.07) is 0. The van der Waals surface area contributed by atoms with Gasteiger partial charge in [-0.25, -0.2) is 0 Å². The summed E-state index contributed by atoms with van der Waals surface area (Å²) in [4.78, 5) is 11.8. The van der Waals surface area contributed by atoms with Crippen LogP contribution in [0, 0.1) is 41.4 Å². The Balaban J connectivity index is 1.50. The lowest BCUT2D eigenvalue weighted by Crippen LogP contribution is -2.38. The lowest BCUT2D eigenvalue weighted by molar-refractivity contribution is -0.148. The largest absolute Gasteiger partial charge is 0.469 e. The maximum absolute atomic E-state index is 11.8. The van der Waals surface area contributed by atoms with Crippen molar-refractivity contribution >= 4 is 5.97 Å². The van der Waals surface area contributed by atoms with Gasteiger partial charge < -0.3 is 9.47 Å². The molecule has 9 unspecified atom stereocenters. The molecule has 3 nitrogen and oxygen atoms in total. The van der Waals surface area contributed by atoms with E-state index < -0.39 is 0 Å². The van der Waals surface area contributed by atoms with Gasteiger partial charge in [-0.1, -0.05) is 0 Å². The average molecular weight is 234 g/mol. The summed E-state index contributed by atoms with van der Waals surface area (Å²) in [6.45, 7) is 0. The number of carbonyl (C=O) groups excluding carboxylic acids is 1. The minimum atomic E-state index is 0.0481. The first-order chi connectivity index (χ1) is 8.29. The summed E-state index contributed by atoms with van der Waals surface area (Å²) >= 11 is 0. The topological polar surface area (TPSA) is 38.8 Å². The van der Waals surface area contributed by atoms with Crippen LogP contribution in [0.4, 0.5) is 0 Å². The van der Waals surface area contributed by atoms with Gasteiger partial charge in [0.2, 0.25) is 0 Å². The maximum atomic E-state index is 11.8. The van der Waals surface area contributed by atoms with Crippen molar-refractivity contribution in [1.82, 2.24) is 0 Å². The molecule has 0 radical (unpaired) electrons. The van der Waals surface area contributed by atoms with Crippen LogP contribution in [0.25, 0.3) is 0 Å². The zero-order chi connectivity index (χ0) is 11.3. The number of fused-ring (bicyclic) bond motifs is 12. The van der Waals surface area contributed by atoms with Gasteiger partial charge in [0.15, 0.2) is 0 Å². The molecule has 0 N–H and O–H groups in total. The van der Waals surface area contributed by atoms with Gasteiger partial charge in [0.05, 0.1) is 25.2 Å². The minimum absolute atomic E-state index is 0.0481. The third-order valence-corrected chi connectivity index (χ3v) is 6.57. The van der Waals surface area contributed by atoms with Gasteiger partial charge in [-0.3, -0.25) is 4.79 Å². The van der Waals surface area contributed by atoms with Crippen molar-refractivity contribution in [3.8, 4) is 0 Å². The first-order valence-corrected chi connectivity index (χ1v) is 7.03. The van der Waals surface area contributed by atoms with Crippen molar-refractivity contribution in [2.75, 3.05) is 7.11 Å². The predicted molar refractivity (Wildman–Crippen MR) is 59.0 cm³/mol. The molecule has 4 saturated carbocycles. The van der Waals surface area contributed by atoms with Gasteiger partial charge in [-0.15, -0.1) is 0 Å². The summed E-state index contributed by atoms with van der Waals surface area (Å²) in [5, 5.41) is 0. The van der Waals surface area contributed by atoms with E-state index in [0.29, 0.717) is 18.1 Å². The SMILES string of the molecule is COC(=O)C1CC2CC1C1C3CC(C4OC34)C21. The minimum Gasteiger partial charge on any atom is -0.469 e. The summed E-state index contributed by atoms with van der Waals surface area (Å²) in [5.41, 5.74) is 0. The predicted octanol–water partition coefficient (Wildman–Crippen LogP) is 1.46. The van der Waals surface area contributed by atoms with E-state index >= 15 is 0 Å². The van der Waals surface area contributed by atoms with Crippen molar-refractivity contribution < 1.29 is 14.3 Å². The van der Waals surface area contributed by atoms with Crippen molar-refractivity contribution in [1.29, 1.82) is 0 Å². The Labute approximate surface area is 101 Å². The molecule has 4 aliphatic carbocycles. The Morgan fingerprint density at radius 2 is 1.82 bits per heavy atom. The molecule has 3 heteroatoms. The van der Waals surface area contributed by atoms with Gasteiger partial charge in [-0.05, 0) is 54.8 Å². The van der Waals surface area contributed by atoms with Crippen LogP contribution in [0.3, 0.4) is 0 Å². The zero-order valence-corrected chi connectivity index (χ0v) is 10.0. The maximum Gasteiger partial charge on any atom is 0.308 e. The first kappa shape index (κ1) is 9.37. The van der Waals surface area contributed by atoms with Gasteiger partial charge in [-0.2, -0.15) is 0 Å². The molecule has 4 bridgehead atoms. The van der Waals surface area contributed by atoms with Crippen LogP contribution >= 0.6 is 0 Å². The molecule has 5 aliphatic rings. The van der Waals surface area contributed by atoms with E-state index in [1.807, 2.05) is 0 Å². The summed E-state index contributed by atoms with van der Waals surface area (Å²) in [6.07, 6.45) is 4.99. The normalized spacial score (nSPS) is 64.6. The Morgan fingerprint density at radius 1 is 1.06 bits per heavy atom. The number of rotatable bonds is 1. The van der Waals surface area contributed by atoms with Gasteiger partial charge in [0.25, 0.3) is 0 Å². The molecule has 0 aromatic rings. The molecule has 5 rings (SSSR count). The van der Waals surface area contributed by atoms with Crippen LogP contribution in [-0.2, 0) is 14.3 Å². The van der Waals surface area contributed by atoms with E-state index in [2.05, 4.69) is 0 Å². The van der Waals surface area contributed by atoms with E-state index in [0.717, 1.165) is 36.0 Å². The van der Waals surface area contributed by atoms with Crippen LogP contribution in [0.2, 0.25) is 0 Å². The fourth-order valence-electron chi connectivity index (χ4n) is 6.27. The number of epoxide rings is 1. The third kappa shape index (κ3) is 0.906. The van der Waals surface area contributed by atoms with Crippen molar-refractivity contribution in [2.45, 2.75) is 31.5 Å². The molecule has 1 heterocycles. The highest BCUT2D eigenvalue weighted by molar-refractivity contribution is 5.73. The molecule has 1 aliphatic heterocycles. The highest BCUT2D eigenvalue weighted by atomic mass is 16.6. The second-order valence-electron chi connectivity index (χ2n) is 6.81. The lowest BCUT2D eigenvalue weighted by Gasteiger charge is -2.36. The second kappa shape index (κ2) is 2.71. The average Bonchev–Trinajstić information content (AvgIpc) is 2.73. The monoisotopic (exact) mass is 234 g/mol. The van der Waals surface area contributed by atoms with E-state index in [4.69, 9.17) is 9.47 Å². The molecule has 0 aromatic carbocycles. The van der Waals surface area contributed by atoms with Crippen LogP contribution in [0.1, 0.15) is 19.3 Å². The van der Waals surface area contributed by atoms with E-state index in [1.54, 1.807) is 0 Å². The molecule has 92 valence electrons. The molecular weight excluding hydrogens is 216 g/mol. The molecule has 9 atom stereocenters. The third-order valence-electron chi connectivity index (χ3n) is 6.57. The molecule has 0 aromatic heterocycles. The van der Waals surface area contributed by atoms with E-state index in [9.17, 15) is 4.79 Å². The van der Waals surface area contributed by atoms with Gasteiger partial charge >= 0.3 is 5.97 Å². The highest BCUT2D eigenvalue weighted by Gasteiger charge is 2.73. The molecule has 5 fully saturated rings. The smallest absolute Gasteiger partial charge is 0.308 e. The van der Waals surface area contributed by atoms with Crippen LogP contribution in [0.5, 0.6) is 0 Å². The van der Waals surface area contributed by atoms with Crippen LogP contribution in [0.15, 0.2) is 0 Å². The van der Waals surface area contributed by atoms with Crippen LogP contribution in [-0.4, -0.2) is 25.3 Å². The van der Waals surface area contributed by atoms with Crippen molar-refractivity contribution in [2.24, 2.45) is 41.4 Å². The Hall–Kier alpha value is -0.570. The number of ether oxygens (including phenoxy) is 2. The number of hydrogen-bond acceptors (Lipinski definition) is 3. The Bertz CT molecular complexity index is 406. The fourth-order valence-corrected chi connectivity index (χ4v) is 6.27. The zero-order valence-electron chi connectivity index (χ0n) is 10.0. The lowest BCUT2D eigenvalue weighted by atomic mass is 9.67. The Kier molecular flexibility index (Phi) is 1.49. The number of hydrogen-bond donors (Lipinski definition) is 0. The number of carbonyl (C=O) groups is 1. The standard InChI is InChI=1S/C14H18O3/c1-16-14(15)7-3-5-2-6(7)11-9-4-8(10(5)11)12-13(9)17-12/h5-13H,2-4H2,1H3.